The summed E-state index contributed by atoms with van der Waals surface area (Å²) in [5, 5.41) is 0.800. The van der Waals surface area contributed by atoms with Crippen LogP contribution in [0.3, 0.4) is 0 Å². The maximum Gasteiger partial charge on any atom is 0.339 e. The Hall–Kier alpha value is -3.21. The van der Waals surface area contributed by atoms with Gasteiger partial charge < -0.3 is 9.64 Å². The van der Waals surface area contributed by atoms with Crippen LogP contribution >= 0.6 is 0 Å². The average molecular weight is 400 g/mol. The summed E-state index contributed by atoms with van der Waals surface area (Å²) in [6, 6.07) is 15.6. The Morgan fingerprint density at radius 3 is 2.80 bits per heavy atom. The number of ether oxygens (including phenoxy) is 1. The van der Waals surface area contributed by atoms with Crippen LogP contribution in [0.15, 0.2) is 48.5 Å². The van der Waals surface area contributed by atoms with Gasteiger partial charge in [0.05, 0.1) is 11.1 Å². The summed E-state index contributed by atoms with van der Waals surface area (Å²) >= 11 is 0. The molecule has 2 aliphatic rings. The van der Waals surface area contributed by atoms with Gasteiger partial charge in [0.25, 0.3) is 5.91 Å². The van der Waals surface area contributed by atoms with E-state index in [1.54, 1.807) is 4.90 Å². The van der Waals surface area contributed by atoms with Gasteiger partial charge in [-0.05, 0) is 54.9 Å². The highest BCUT2D eigenvalue weighted by atomic mass is 16.5. The minimum absolute atomic E-state index is 0.186. The second kappa shape index (κ2) is 7.56. The summed E-state index contributed by atoms with van der Waals surface area (Å²) in [7, 11) is 0. The number of pyridine rings is 1. The van der Waals surface area contributed by atoms with E-state index in [1.807, 2.05) is 48.5 Å². The summed E-state index contributed by atoms with van der Waals surface area (Å²) in [4.78, 5) is 32.5. The molecule has 152 valence electrons. The van der Waals surface area contributed by atoms with Crippen molar-refractivity contribution in [2.24, 2.45) is 5.92 Å². The first-order valence-corrected chi connectivity index (χ1v) is 10.6. The molecule has 0 N–H and O–H groups in total. The van der Waals surface area contributed by atoms with Gasteiger partial charge in [-0.3, -0.25) is 9.78 Å². The van der Waals surface area contributed by atoms with Crippen LogP contribution in [-0.4, -0.2) is 30.0 Å². The van der Waals surface area contributed by atoms with Gasteiger partial charge in [-0.1, -0.05) is 43.3 Å². The fraction of sp³-hybridized carbons (Fsp3) is 0.320. The van der Waals surface area contributed by atoms with E-state index in [0.717, 1.165) is 59.1 Å². The molecule has 2 aromatic carbocycles. The number of nitrogens with zero attached hydrogens (tertiary/aromatic N) is 2. The van der Waals surface area contributed by atoms with Gasteiger partial charge in [-0.25, -0.2) is 4.79 Å². The fourth-order valence-electron chi connectivity index (χ4n) is 4.67. The molecule has 5 nitrogen and oxygen atoms in total. The Kier molecular flexibility index (Phi) is 4.74. The maximum atomic E-state index is 13.2. The van der Waals surface area contributed by atoms with E-state index >= 15 is 0 Å². The minimum Gasteiger partial charge on any atom is -0.452 e. The van der Waals surface area contributed by atoms with Crippen molar-refractivity contribution in [1.29, 1.82) is 0 Å². The largest absolute Gasteiger partial charge is 0.452 e. The molecule has 1 amide bonds. The Morgan fingerprint density at radius 2 is 1.90 bits per heavy atom. The molecule has 1 aromatic heterocycles. The quantitative estimate of drug-likeness (QED) is 0.621. The van der Waals surface area contributed by atoms with Crippen LogP contribution in [0.5, 0.6) is 0 Å². The van der Waals surface area contributed by atoms with E-state index in [0.29, 0.717) is 18.0 Å². The normalized spacial score (nSPS) is 17.5. The number of aryl methyl sites for hydroxylation is 1. The van der Waals surface area contributed by atoms with Crippen molar-refractivity contribution in [3.8, 4) is 0 Å². The zero-order valence-electron chi connectivity index (χ0n) is 17.1. The van der Waals surface area contributed by atoms with E-state index < -0.39 is 5.97 Å². The molecular weight excluding hydrogens is 376 g/mol. The third-order valence-corrected chi connectivity index (χ3v) is 6.22. The number of esters is 1. The lowest BCUT2D eigenvalue weighted by Crippen LogP contribution is -2.33. The molecule has 30 heavy (non-hydrogen) atoms. The number of para-hydroxylation sites is 2. The van der Waals surface area contributed by atoms with Crippen LogP contribution in [0.1, 0.15) is 40.5 Å². The van der Waals surface area contributed by atoms with Crippen molar-refractivity contribution in [3.05, 3.63) is 70.9 Å². The molecule has 0 unspecified atom stereocenters. The molecular formula is C25H24N2O3. The second-order valence-electron chi connectivity index (χ2n) is 8.28. The lowest BCUT2D eigenvalue weighted by atomic mass is 9.84. The zero-order chi connectivity index (χ0) is 20.7. The molecule has 5 rings (SSSR count). The van der Waals surface area contributed by atoms with Crippen molar-refractivity contribution in [2.45, 2.75) is 32.6 Å². The summed E-state index contributed by atoms with van der Waals surface area (Å²) in [5.74, 6) is -0.122. The van der Waals surface area contributed by atoms with Crippen LogP contribution in [0.4, 0.5) is 5.69 Å². The smallest absolute Gasteiger partial charge is 0.339 e. The van der Waals surface area contributed by atoms with Crippen LogP contribution in [0, 0.1) is 5.92 Å². The molecule has 0 spiro atoms. The number of amides is 1. The summed E-state index contributed by atoms with van der Waals surface area (Å²) in [5.41, 5.74) is 5.42. The predicted octanol–water partition coefficient (Wildman–Crippen LogP) is 4.11. The number of anilines is 1. The number of benzene rings is 2. The highest BCUT2D eigenvalue weighted by Crippen LogP contribution is 2.32. The fourth-order valence-corrected chi connectivity index (χ4v) is 4.67. The SMILES string of the molecule is C[C@@H]1CCc2nc3ccccc3c(C(=O)OCC(=O)N3CCc4ccccc43)c2C1. The Balaban J connectivity index is 1.42. The second-order valence-corrected chi connectivity index (χ2v) is 8.28. The molecule has 1 aliphatic heterocycles. The number of carbonyl (C=O) groups excluding carboxylic acids is 2. The zero-order valence-corrected chi connectivity index (χ0v) is 17.1. The molecule has 0 fully saturated rings. The molecule has 0 bridgehead atoms. The lowest BCUT2D eigenvalue weighted by Gasteiger charge is -2.24. The van der Waals surface area contributed by atoms with Gasteiger partial charge in [0.15, 0.2) is 6.61 Å². The first-order valence-electron chi connectivity index (χ1n) is 10.6. The van der Waals surface area contributed by atoms with Crippen molar-refractivity contribution >= 4 is 28.5 Å². The molecule has 2 heterocycles. The van der Waals surface area contributed by atoms with Crippen molar-refractivity contribution < 1.29 is 14.3 Å². The highest BCUT2D eigenvalue weighted by Gasteiger charge is 2.28. The van der Waals surface area contributed by atoms with Gasteiger partial charge in [-0.15, -0.1) is 0 Å². The van der Waals surface area contributed by atoms with Gasteiger partial charge in [0.2, 0.25) is 0 Å². The molecule has 0 saturated heterocycles. The van der Waals surface area contributed by atoms with E-state index in [-0.39, 0.29) is 12.5 Å². The van der Waals surface area contributed by atoms with Crippen molar-refractivity contribution in [3.63, 3.8) is 0 Å². The van der Waals surface area contributed by atoms with Crippen molar-refractivity contribution in [2.75, 3.05) is 18.1 Å². The number of hydrogen-bond acceptors (Lipinski definition) is 4. The molecule has 0 radical (unpaired) electrons. The molecule has 3 aromatic rings. The number of fused-ring (bicyclic) bond motifs is 3. The van der Waals surface area contributed by atoms with Crippen molar-refractivity contribution in [1.82, 2.24) is 4.98 Å². The van der Waals surface area contributed by atoms with Gasteiger partial charge in [0, 0.05) is 23.3 Å². The summed E-state index contributed by atoms with van der Waals surface area (Å²) in [6.07, 6.45) is 3.58. The van der Waals surface area contributed by atoms with Crippen LogP contribution in [-0.2, 0) is 28.8 Å². The number of rotatable bonds is 3. The van der Waals surface area contributed by atoms with E-state index in [1.165, 1.54) is 0 Å². The van der Waals surface area contributed by atoms with Crippen LogP contribution in [0.2, 0.25) is 0 Å². The molecule has 0 saturated carbocycles. The number of carbonyl (C=O) groups is 2. The Labute approximate surface area is 175 Å². The first kappa shape index (κ1) is 18.8. The topological polar surface area (TPSA) is 59.5 Å². The average Bonchev–Trinajstić information content (AvgIpc) is 3.20. The van der Waals surface area contributed by atoms with Gasteiger partial charge in [-0.2, -0.15) is 0 Å². The minimum atomic E-state index is -0.431. The Bertz CT molecular complexity index is 1150. The first-order chi connectivity index (χ1) is 14.6. The lowest BCUT2D eigenvalue weighted by molar-refractivity contribution is -0.121. The number of hydrogen-bond donors (Lipinski definition) is 0. The number of aromatic nitrogens is 1. The van der Waals surface area contributed by atoms with E-state index in [2.05, 4.69) is 6.92 Å². The predicted molar refractivity (Wildman–Crippen MR) is 116 cm³/mol. The maximum absolute atomic E-state index is 13.2. The summed E-state index contributed by atoms with van der Waals surface area (Å²) in [6.45, 7) is 2.57. The molecule has 5 heteroatoms. The third-order valence-electron chi connectivity index (χ3n) is 6.22. The highest BCUT2D eigenvalue weighted by molar-refractivity contribution is 6.06. The molecule has 1 aliphatic carbocycles. The van der Waals surface area contributed by atoms with Crippen LogP contribution < -0.4 is 4.90 Å². The monoisotopic (exact) mass is 400 g/mol. The van der Waals surface area contributed by atoms with E-state index in [4.69, 9.17) is 9.72 Å². The standard InChI is InChI=1S/C25H24N2O3/c1-16-10-11-21-19(14-16)24(18-7-3-4-8-20(18)26-21)25(29)30-15-23(28)27-13-12-17-6-2-5-9-22(17)27/h2-9,16H,10-15H2,1H3/t16-/m1/s1. The van der Waals surface area contributed by atoms with Gasteiger partial charge in [0.1, 0.15) is 0 Å². The summed E-state index contributed by atoms with van der Waals surface area (Å²) < 4.78 is 5.57. The van der Waals surface area contributed by atoms with Gasteiger partial charge >= 0.3 is 5.97 Å². The van der Waals surface area contributed by atoms with E-state index in [9.17, 15) is 9.59 Å². The van der Waals surface area contributed by atoms with Crippen LogP contribution in [0.25, 0.3) is 10.9 Å². The Morgan fingerprint density at radius 1 is 1.10 bits per heavy atom. The molecule has 1 atom stereocenters. The third kappa shape index (κ3) is 3.24.